The molecule has 1 aromatic carbocycles. The van der Waals surface area contributed by atoms with Crippen LogP contribution in [0.15, 0.2) is 24.3 Å². The number of hydrogen-bond acceptors (Lipinski definition) is 4. The summed E-state index contributed by atoms with van der Waals surface area (Å²) >= 11 is 0. The normalized spacial score (nSPS) is 20.1. The highest BCUT2D eigenvalue weighted by Crippen LogP contribution is 2.27. The quantitative estimate of drug-likeness (QED) is 0.817. The van der Waals surface area contributed by atoms with Crippen molar-refractivity contribution in [3.8, 4) is 0 Å². The number of rotatable bonds is 3. The molecule has 21 heavy (non-hydrogen) atoms. The van der Waals surface area contributed by atoms with Gasteiger partial charge < -0.3 is 15.0 Å². The molecule has 0 radical (unpaired) electrons. The molecule has 110 valence electrons. The van der Waals surface area contributed by atoms with Gasteiger partial charge in [-0.2, -0.15) is 0 Å². The number of benzene rings is 1. The van der Waals surface area contributed by atoms with Crippen molar-refractivity contribution in [3.05, 3.63) is 29.8 Å². The zero-order valence-corrected chi connectivity index (χ0v) is 11.5. The lowest BCUT2D eigenvalue weighted by atomic mass is 10.2. The number of fused-ring (bicyclic) bond motifs is 1. The second-order valence-electron chi connectivity index (χ2n) is 5.19. The van der Waals surface area contributed by atoms with Crippen LogP contribution in [0.25, 0.3) is 0 Å². The molecule has 1 saturated heterocycles. The van der Waals surface area contributed by atoms with Gasteiger partial charge >= 0.3 is 5.97 Å². The van der Waals surface area contributed by atoms with E-state index in [1.165, 1.54) is 0 Å². The number of esters is 1. The SMILES string of the molecule is O=C1CC[C@@H](C(=O)OCC(=O)N2CCc3ccccc32)N1. The summed E-state index contributed by atoms with van der Waals surface area (Å²) in [7, 11) is 0. The average Bonchev–Trinajstić information content (AvgIpc) is 3.10. The van der Waals surface area contributed by atoms with Gasteiger partial charge in [0.2, 0.25) is 5.91 Å². The molecular formula is C15H16N2O4. The van der Waals surface area contributed by atoms with Gasteiger partial charge in [-0.1, -0.05) is 18.2 Å². The van der Waals surface area contributed by atoms with Crippen LogP contribution in [0.2, 0.25) is 0 Å². The van der Waals surface area contributed by atoms with Crippen molar-refractivity contribution in [1.29, 1.82) is 0 Å². The van der Waals surface area contributed by atoms with Gasteiger partial charge in [0.25, 0.3) is 5.91 Å². The van der Waals surface area contributed by atoms with Gasteiger partial charge in [-0.25, -0.2) is 4.79 Å². The van der Waals surface area contributed by atoms with Gasteiger partial charge in [0.15, 0.2) is 6.61 Å². The Morgan fingerprint density at radius 2 is 2.10 bits per heavy atom. The molecule has 2 aliphatic heterocycles. The van der Waals surface area contributed by atoms with Crippen molar-refractivity contribution in [1.82, 2.24) is 5.32 Å². The van der Waals surface area contributed by atoms with Crippen molar-refractivity contribution >= 4 is 23.5 Å². The van der Waals surface area contributed by atoms with E-state index in [0.717, 1.165) is 17.7 Å². The Hall–Kier alpha value is -2.37. The first-order valence-corrected chi connectivity index (χ1v) is 6.99. The molecule has 0 bridgehead atoms. The summed E-state index contributed by atoms with van der Waals surface area (Å²) in [5, 5.41) is 2.52. The molecule has 6 nitrogen and oxygen atoms in total. The Labute approximate surface area is 122 Å². The fourth-order valence-corrected chi connectivity index (χ4v) is 2.70. The van der Waals surface area contributed by atoms with Crippen LogP contribution in [0, 0.1) is 0 Å². The first-order chi connectivity index (χ1) is 10.1. The van der Waals surface area contributed by atoms with E-state index >= 15 is 0 Å². The smallest absolute Gasteiger partial charge is 0.329 e. The molecule has 6 heteroatoms. The van der Waals surface area contributed by atoms with Gasteiger partial charge in [-0.05, 0) is 24.5 Å². The highest BCUT2D eigenvalue weighted by Gasteiger charge is 2.30. The molecule has 3 rings (SSSR count). The van der Waals surface area contributed by atoms with Crippen LogP contribution >= 0.6 is 0 Å². The molecule has 0 aromatic heterocycles. The number of nitrogens with zero attached hydrogens (tertiary/aromatic N) is 1. The second kappa shape index (κ2) is 5.55. The van der Waals surface area contributed by atoms with Crippen LogP contribution < -0.4 is 10.2 Å². The molecule has 0 aliphatic carbocycles. The first kappa shape index (κ1) is 13.6. The van der Waals surface area contributed by atoms with Crippen LogP contribution in [0.1, 0.15) is 18.4 Å². The zero-order valence-electron chi connectivity index (χ0n) is 11.5. The van der Waals surface area contributed by atoms with E-state index in [1.54, 1.807) is 4.90 Å². The zero-order chi connectivity index (χ0) is 14.8. The molecule has 1 atom stereocenters. The van der Waals surface area contributed by atoms with E-state index in [1.807, 2.05) is 24.3 Å². The van der Waals surface area contributed by atoms with Crippen molar-refractivity contribution < 1.29 is 19.1 Å². The Morgan fingerprint density at radius 1 is 1.29 bits per heavy atom. The maximum absolute atomic E-state index is 12.2. The van der Waals surface area contributed by atoms with E-state index in [2.05, 4.69) is 5.32 Å². The van der Waals surface area contributed by atoms with Gasteiger partial charge in [-0.3, -0.25) is 9.59 Å². The van der Waals surface area contributed by atoms with Crippen LogP contribution in [-0.2, 0) is 25.5 Å². The van der Waals surface area contributed by atoms with E-state index in [0.29, 0.717) is 19.4 Å². The van der Waals surface area contributed by atoms with E-state index in [9.17, 15) is 14.4 Å². The summed E-state index contributed by atoms with van der Waals surface area (Å²) in [6, 6.07) is 7.08. The lowest BCUT2D eigenvalue weighted by molar-refractivity contribution is -0.150. The fraction of sp³-hybridized carbons (Fsp3) is 0.400. The molecule has 1 fully saturated rings. The number of hydrogen-bond donors (Lipinski definition) is 1. The lowest BCUT2D eigenvalue weighted by Gasteiger charge is -2.18. The van der Waals surface area contributed by atoms with Crippen LogP contribution in [0.5, 0.6) is 0 Å². The predicted molar refractivity (Wildman–Crippen MR) is 74.6 cm³/mol. The molecule has 2 aliphatic rings. The maximum atomic E-state index is 12.2. The summed E-state index contributed by atoms with van der Waals surface area (Å²) < 4.78 is 5.02. The van der Waals surface area contributed by atoms with Crippen molar-refractivity contribution in [2.45, 2.75) is 25.3 Å². The third-order valence-corrected chi connectivity index (χ3v) is 3.81. The lowest BCUT2D eigenvalue weighted by Crippen LogP contribution is -2.38. The topological polar surface area (TPSA) is 75.7 Å². The van der Waals surface area contributed by atoms with Gasteiger partial charge in [0.1, 0.15) is 6.04 Å². The summed E-state index contributed by atoms with van der Waals surface area (Å²) in [6.07, 6.45) is 1.57. The second-order valence-corrected chi connectivity index (χ2v) is 5.19. The number of ether oxygens (including phenoxy) is 1. The highest BCUT2D eigenvalue weighted by atomic mass is 16.5. The molecule has 2 heterocycles. The molecule has 1 N–H and O–H groups in total. The summed E-state index contributed by atoms with van der Waals surface area (Å²) in [5.74, 6) is -0.934. The van der Waals surface area contributed by atoms with E-state index in [4.69, 9.17) is 4.74 Å². The van der Waals surface area contributed by atoms with Crippen LogP contribution in [0.3, 0.4) is 0 Å². The number of amides is 2. The molecule has 0 spiro atoms. The minimum atomic E-state index is -0.615. The van der Waals surface area contributed by atoms with Gasteiger partial charge in [-0.15, -0.1) is 0 Å². The van der Waals surface area contributed by atoms with Crippen molar-refractivity contribution in [2.75, 3.05) is 18.1 Å². The molecule has 2 amide bonds. The van der Waals surface area contributed by atoms with Crippen molar-refractivity contribution in [2.24, 2.45) is 0 Å². The molecular weight excluding hydrogens is 272 g/mol. The van der Waals surface area contributed by atoms with E-state index < -0.39 is 12.0 Å². The molecule has 0 unspecified atom stereocenters. The van der Waals surface area contributed by atoms with Crippen LogP contribution in [0.4, 0.5) is 5.69 Å². The van der Waals surface area contributed by atoms with Gasteiger partial charge in [0, 0.05) is 18.7 Å². The summed E-state index contributed by atoms with van der Waals surface area (Å²) in [6.45, 7) is 0.315. The largest absolute Gasteiger partial charge is 0.454 e. The Kier molecular flexibility index (Phi) is 3.60. The highest BCUT2D eigenvalue weighted by molar-refractivity contribution is 5.97. The monoisotopic (exact) mass is 288 g/mol. The number of para-hydroxylation sites is 1. The fourth-order valence-electron chi connectivity index (χ4n) is 2.70. The Balaban J connectivity index is 1.56. The van der Waals surface area contributed by atoms with Gasteiger partial charge in [0.05, 0.1) is 0 Å². The predicted octanol–water partition coefficient (Wildman–Crippen LogP) is 0.397. The van der Waals surface area contributed by atoms with Crippen molar-refractivity contribution in [3.63, 3.8) is 0 Å². The Bertz CT molecular complexity index is 599. The molecule has 1 aromatic rings. The Morgan fingerprint density at radius 3 is 2.86 bits per heavy atom. The number of carbonyl (C=O) groups excluding carboxylic acids is 3. The first-order valence-electron chi connectivity index (χ1n) is 6.99. The summed E-state index contributed by atoms with van der Waals surface area (Å²) in [5.41, 5.74) is 2.01. The number of nitrogens with one attached hydrogen (secondary N) is 1. The maximum Gasteiger partial charge on any atom is 0.329 e. The number of carbonyl (C=O) groups is 3. The molecule has 0 saturated carbocycles. The standard InChI is InChI=1S/C15H16N2O4/c18-13-6-5-11(16-13)15(20)21-9-14(19)17-8-7-10-3-1-2-4-12(10)17/h1-4,11H,5-9H2,(H,16,18)/t11-/m0/s1. The minimum absolute atomic E-state index is 0.156. The minimum Gasteiger partial charge on any atom is -0.454 e. The van der Waals surface area contributed by atoms with Crippen LogP contribution in [-0.4, -0.2) is 37.0 Å². The third-order valence-electron chi connectivity index (χ3n) is 3.81. The van der Waals surface area contributed by atoms with E-state index in [-0.39, 0.29) is 18.4 Å². The summed E-state index contributed by atoms with van der Waals surface area (Å²) in [4.78, 5) is 36.6. The average molecular weight is 288 g/mol. The number of anilines is 1. The third kappa shape index (κ3) is 2.74.